The zero-order valence-electron chi connectivity index (χ0n) is 43.4. The molecule has 10 aliphatic rings. The molecule has 12 N–H and O–H groups in total. The van der Waals surface area contributed by atoms with Crippen molar-refractivity contribution in [3.8, 4) is 0 Å². The second kappa shape index (κ2) is 19.5. The van der Waals surface area contributed by atoms with Crippen molar-refractivity contribution in [2.75, 3.05) is 33.0 Å². The molecular weight excluding hydrogens is 961 g/mol. The van der Waals surface area contributed by atoms with E-state index in [-0.39, 0.29) is 63.8 Å². The molecule has 0 amide bonds. The number of aliphatic hydroxyl groups is 12. The lowest BCUT2D eigenvalue weighted by Crippen LogP contribution is -2.74. The van der Waals surface area contributed by atoms with Crippen LogP contribution in [0.5, 0.6) is 0 Å². The van der Waals surface area contributed by atoms with Crippen LogP contribution in [-0.4, -0.2) is 223 Å². The molecule has 21 heteroatoms. The maximum atomic E-state index is 12.3. The van der Waals surface area contributed by atoms with Crippen LogP contribution in [0.4, 0.5) is 0 Å². The number of rotatable bonds is 10. The SMILES string of the molecule is C[C@@H]1O[C@@H](O[C@H]2[C@H](O)[C@@H](CO)O[C@@H](O[C@H]3CO[C@@H](O[C@H]4CC[C@@]5(C)C(CC[C@]6(C)C5CC[C@]57OC[C@@]8(CC[C@](C)(CO)C[C@H]85)[C@H](O)C[C@]76C)C4(C)C)[C@H](O)[C@H]3O)[C@@H]2O[C@@H]2OC[C@@H](O)[C@H](O)[C@H]2O)[C@H](O)[C@H](O)[C@H]1O. The first-order valence-electron chi connectivity index (χ1n) is 27.1. The van der Waals surface area contributed by atoms with E-state index in [1.165, 1.54) is 6.92 Å². The van der Waals surface area contributed by atoms with E-state index in [4.69, 9.17) is 42.6 Å². The standard InChI is InChI=1S/C52H86O21/c1-23-32(57)36(61)39(64)44(68-23)72-40-35(60)25(18-53)69-45(41(40)73-43-37(62)33(58)24(55)19-65-43)70-26-20-66-42(38(63)34(26)59)71-31-10-11-48(5)27(46(31,2)3)8-12-49(6)28(48)9-13-52-29-16-47(4,21-54)14-15-51(29,22-67-52)30(56)17-50(49,52)7/h23-45,53-64H,8-22H2,1-7H3/t23-,24+,25+,26-,27?,28?,29+,30+,31-,32-,33-,34-,35+,36+,37+,38+,39+,40-,41+,42-,43-,44-,45-,47-,48-,49+,50-,51+,52-/m0/s1. The quantitative estimate of drug-likeness (QED) is 0.116. The van der Waals surface area contributed by atoms with Gasteiger partial charge in [0.05, 0.1) is 50.3 Å². The molecule has 29 atom stereocenters. The monoisotopic (exact) mass is 1050 g/mol. The lowest BCUT2D eigenvalue weighted by atomic mass is 9.30. The number of aliphatic hydroxyl groups excluding tert-OH is 12. The Hall–Kier alpha value is -0.840. The van der Waals surface area contributed by atoms with Gasteiger partial charge in [0.15, 0.2) is 25.2 Å². The summed E-state index contributed by atoms with van der Waals surface area (Å²) in [5, 5.41) is 132. The van der Waals surface area contributed by atoms with E-state index in [2.05, 4.69) is 41.5 Å². The van der Waals surface area contributed by atoms with E-state index in [0.29, 0.717) is 25.4 Å². The van der Waals surface area contributed by atoms with Crippen LogP contribution >= 0.6 is 0 Å². The summed E-state index contributed by atoms with van der Waals surface area (Å²) in [6.07, 6.45) is -21.1. The molecule has 10 fully saturated rings. The summed E-state index contributed by atoms with van der Waals surface area (Å²) in [6.45, 7) is 14.5. The van der Waals surface area contributed by atoms with Gasteiger partial charge < -0.3 is 104 Å². The predicted octanol–water partition coefficient (Wildman–Crippen LogP) is -1.07. The van der Waals surface area contributed by atoms with Crippen LogP contribution in [0, 0.1) is 50.2 Å². The molecule has 5 saturated carbocycles. The van der Waals surface area contributed by atoms with Crippen LogP contribution < -0.4 is 0 Å². The van der Waals surface area contributed by atoms with Crippen molar-refractivity contribution in [2.24, 2.45) is 50.2 Å². The predicted molar refractivity (Wildman–Crippen MR) is 250 cm³/mol. The Morgan fingerprint density at radius 1 is 0.548 bits per heavy atom. The van der Waals surface area contributed by atoms with E-state index in [1.54, 1.807) is 0 Å². The Kier molecular flexibility index (Phi) is 14.8. The fourth-order valence-corrected chi connectivity index (χ4v) is 17.4. The van der Waals surface area contributed by atoms with Crippen LogP contribution in [0.1, 0.15) is 113 Å². The van der Waals surface area contributed by atoms with E-state index in [0.717, 1.165) is 51.4 Å². The molecule has 5 aliphatic heterocycles. The fourth-order valence-electron chi connectivity index (χ4n) is 17.4. The third kappa shape index (κ3) is 8.33. The Balaban J connectivity index is 0.840. The molecule has 21 nitrogen and oxygen atoms in total. The number of hydrogen-bond donors (Lipinski definition) is 12. The normalized spacial score (nSPS) is 58.8. The summed E-state index contributed by atoms with van der Waals surface area (Å²) in [6, 6.07) is 0. The van der Waals surface area contributed by atoms with Gasteiger partial charge in [0.25, 0.3) is 0 Å². The van der Waals surface area contributed by atoms with Crippen molar-refractivity contribution in [2.45, 2.75) is 241 Å². The molecule has 0 aromatic carbocycles. The van der Waals surface area contributed by atoms with Crippen molar-refractivity contribution < 1.29 is 104 Å². The maximum Gasteiger partial charge on any atom is 0.187 e. The molecule has 5 saturated heterocycles. The minimum Gasteiger partial charge on any atom is -0.396 e. The summed E-state index contributed by atoms with van der Waals surface area (Å²) in [7, 11) is 0. The highest BCUT2D eigenvalue weighted by Gasteiger charge is 2.80. The molecule has 0 aromatic rings. The van der Waals surface area contributed by atoms with E-state index < -0.39 is 135 Å². The fraction of sp³-hybridized carbons (Fsp3) is 1.00. The minimum atomic E-state index is -1.85. The maximum absolute atomic E-state index is 12.3. The van der Waals surface area contributed by atoms with Crippen LogP contribution in [0.15, 0.2) is 0 Å². The summed E-state index contributed by atoms with van der Waals surface area (Å²) < 4.78 is 55.6. The molecule has 420 valence electrons. The lowest BCUT2D eigenvalue weighted by Gasteiger charge is -2.75. The number of fused-ring (bicyclic) bond motifs is 4. The summed E-state index contributed by atoms with van der Waals surface area (Å²) in [5.74, 6) is 0.733. The van der Waals surface area contributed by atoms with Gasteiger partial charge in [-0.15, -0.1) is 0 Å². The molecule has 2 bridgehead atoms. The van der Waals surface area contributed by atoms with Crippen molar-refractivity contribution in [3.05, 3.63) is 0 Å². The van der Waals surface area contributed by atoms with Gasteiger partial charge in [-0.05, 0) is 111 Å². The summed E-state index contributed by atoms with van der Waals surface area (Å²) >= 11 is 0. The van der Waals surface area contributed by atoms with Crippen molar-refractivity contribution >= 4 is 0 Å². The van der Waals surface area contributed by atoms with Gasteiger partial charge >= 0.3 is 0 Å². The Bertz CT molecular complexity index is 1970. The molecule has 1 spiro atoms. The van der Waals surface area contributed by atoms with Gasteiger partial charge in [-0.2, -0.15) is 0 Å². The average molecular weight is 1050 g/mol. The number of hydrogen-bond acceptors (Lipinski definition) is 21. The average Bonchev–Trinajstić information content (AvgIpc) is 3.64. The molecule has 5 aliphatic carbocycles. The highest BCUT2D eigenvalue weighted by atomic mass is 16.8. The van der Waals surface area contributed by atoms with Crippen LogP contribution in [0.2, 0.25) is 0 Å². The Morgan fingerprint density at radius 2 is 1.21 bits per heavy atom. The van der Waals surface area contributed by atoms with Gasteiger partial charge in [-0.3, -0.25) is 0 Å². The first kappa shape index (κ1) is 55.5. The van der Waals surface area contributed by atoms with Gasteiger partial charge in [-0.1, -0.05) is 41.5 Å². The van der Waals surface area contributed by atoms with E-state index >= 15 is 0 Å². The molecule has 0 aromatic heterocycles. The van der Waals surface area contributed by atoms with Crippen molar-refractivity contribution in [1.82, 2.24) is 0 Å². The molecule has 73 heavy (non-hydrogen) atoms. The van der Waals surface area contributed by atoms with Crippen LogP contribution in [0.25, 0.3) is 0 Å². The van der Waals surface area contributed by atoms with Crippen molar-refractivity contribution in [3.63, 3.8) is 0 Å². The zero-order chi connectivity index (χ0) is 52.7. The lowest BCUT2D eigenvalue weighted by molar-refractivity contribution is -0.397. The Morgan fingerprint density at radius 3 is 1.92 bits per heavy atom. The first-order valence-corrected chi connectivity index (χ1v) is 27.1. The third-order valence-electron chi connectivity index (χ3n) is 22.1. The van der Waals surface area contributed by atoms with Crippen LogP contribution in [0.3, 0.4) is 0 Å². The first-order chi connectivity index (χ1) is 34.3. The van der Waals surface area contributed by atoms with Gasteiger partial charge in [0.2, 0.25) is 0 Å². The van der Waals surface area contributed by atoms with Gasteiger partial charge in [0, 0.05) is 17.4 Å². The molecule has 0 radical (unpaired) electrons. The Labute approximate surface area is 427 Å². The topological polar surface area (TPSA) is 326 Å². The molecule has 10 rings (SSSR count). The molecule has 5 heterocycles. The van der Waals surface area contributed by atoms with Crippen LogP contribution in [-0.2, 0) is 42.6 Å². The minimum absolute atomic E-state index is 0.0902. The largest absolute Gasteiger partial charge is 0.396 e. The summed E-state index contributed by atoms with van der Waals surface area (Å²) in [4.78, 5) is 0. The highest BCUT2D eigenvalue weighted by Crippen LogP contribution is 2.80. The van der Waals surface area contributed by atoms with Gasteiger partial charge in [-0.25, -0.2) is 0 Å². The smallest absolute Gasteiger partial charge is 0.187 e. The summed E-state index contributed by atoms with van der Waals surface area (Å²) in [5.41, 5.74) is -1.77. The zero-order valence-corrected chi connectivity index (χ0v) is 43.4. The van der Waals surface area contributed by atoms with E-state index in [9.17, 15) is 61.3 Å². The van der Waals surface area contributed by atoms with E-state index in [1.807, 2.05) is 0 Å². The van der Waals surface area contributed by atoms with Gasteiger partial charge in [0.1, 0.15) is 79.4 Å². The second-order valence-corrected chi connectivity index (χ2v) is 26.0. The third-order valence-corrected chi connectivity index (χ3v) is 22.1. The number of ether oxygens (including phenoxy) is 9. The van der Waals surface area contributed by atoms with Crippen molar-refractivity contribution in [1.29, 1.82) is 0 Å². The molecular formula is C52H86O21. The highest BCUT2D eigenvalue weighted by molar-refractivity contribution is 5.28. The second-order valence-electron chi connectivity index (χ2n) is 26.0. The molecule has 2 unspecified atom stereocenters.